The molecule has 1 saturated carbocycles. The van der Waals surface area contributed by atoms with Crippen molar-refractivity contribution in [2.24, 2.45) is 5.92 Å². The van der Waals surface area contributed by atoms with Gasteiger partial charge in [0.15, 0.2) is 6.79 Å². The number of esters is 1. The van der Waals surface area contributed by atoms with E-state index in [1.807, 2.05) is 38.4 Å². The highest BCUT2D eigenvalue weighted by Crippen LogP contribution is 2.39. The Hall–Kier alpha value is -2.38. The summed E-state index contributed by atoms with van der Waals surface area (Å²) in [6, 6.07) is 7.89. The molecule has 0 amide bonds. The number of hydrogen-bond acceptors (Lipinski definition) is 6. The highest BCUT2D eigenvalue weighted by atomic mass is 16.7. The number of carboxylic acids is 1. The summed E-state index contributed by atoms with van der Waals surface area (Å²) in [6.07, 6.45) is 5.24. The van der Waals surface area contributed by atoms with E-state index in [4.69, 9.17) is 19.3 Å². The highest BCUT2D eigenvalue weighted by Gasteiger charge is 2.36. The predicted molar refractivity (Wildman–Crippen MR) is 104 cm³/mol. The van der Waals surface area contributed by atoms with Crippen molar-refractivity contribution in [3.8, 4) is 5.75 Å². The molecule has 7 nitrogen and oxygen atoms in total. The maximum Gasteiger partial charge on any atom is 0.331 e. The Labute approximate surface area is 165 Å². The fourth-order valence-corrected chi connectivity index (χ4v) is 3.80. The van der Waals surface area contributed by atoms with Crippen molar-refractivity contribution in [2.75, 3.05) is 28.0 Å². The van der Waals surface area contributed by atoms with Gasteiger partial charge in [-0.05, 0) is 51.1 Å². The normalized spacial score (nSPS) is 20.9. The zero-order valence-electron chi connectivity index (χ0n) is 16.7. The van der Waals surface area contributed by atoms with Crippen molar-refractivity contribution in [3.63, 3.8) is 0 Å². The lowest BCUT2D eigenvalue weighted by atomic mass is 9.78. The number of ether oxygens (including phenoxy) is 3. The number of hydrogen-bond donors (Lipinski definition) is 1. The van der Waals surface area contributed by atoms with Crippen LogP contribution in [0.3, 0.4) is 0 Å². The molecule has 154 valence electrons. The van der Waals surface area contributed by atoms with Gasteiger partial charge in [0.25, 0.3) is 0 Å². The molecule has 1 fully saturated rings. The largest absolute Gasteiger partial charge is 0.478 e. The van der Waals surface area contributed by atoms with Gasteiger partial charge in [-0.3, -0.25) is 0 Å². The van der Waals surface area contributed by atoms with E-state index in [2.05, 4.69) is 4.90 Å². The van der Waals surface area contributed by atoms with Crippen LogP contribution in [0.5, 0.6) is 5.75 Å². The van der Waals surface area contributed by atoms with Crippen molar-refractivity contribution < 1.29 is 28.9 Å². The maximum atomic E-state index is 12.0. The second kappa shape index (κ2) is 10.8. The Morgan fingerprint density at radius 2 is 2.00 bits per heavy atom. The number of carbonyl (C=O) groups excluding carboxylic acids is 1. The summed E-state index contributed by atoms with van der Waals surface area (Å²) in [5.41, 5.74) is 1.08. The molecule has 0 aromatic heterocycles. The summed E-state index contributed by atoms with van der Waals surface area (Å²) < 4.78 is 16.2. The van der Waals surface area contributed by atoms with Gasteiger partial charge in [0.1, 0.15) is 11.9 Å². The number of nitrogens with zero attached hydrogens (tertiary/aromatic N) is 1. The average molecular weight is 391 g/mol. The lowest BCUT2D eigenvalue weighted by molar-refractivity contribution is -0.149. The van der Waals surface area contributed by atoms with Gasteiger partial charge in [-0.15, -0.1) is 0 Å². The Kier molecular flexibility index (Phi) is 8.47. The van der Waals surface area contributed by atoms with Crippen LogP contribution in [0.2, 0.25) is 0 Å². The Morgan fingerprint density at radius 3 is 2.68 bits per heavy atom. The van der Waals surface area contributed by atoms with Crippen LogP contribution in [0.4, 0.5) is 0 Å². The second-order valence-corrected chi connectivity index (χ2v) is 7.13. The Morgan fingerprint density at radius 1 is 1.25 bits per heavy atom. The molecule has 0 spiro atoms. The number of carboxylic acid groups (broad SMARTS) is 1. The first-order valence-corrected chi connectivity index (χ1v) is 9.42. The smallest absolute Gasteiger partial charge is 0.331 e. The third-order valence-corrected chi connectivity index (χ3v) is 4.89. The summed E-state index contributed by atoms with van der Waals surface area (Å²) >= 11 is 0. The van der Waals surface area contributed by atoms with E-state index < -0.39 is 11.9 Å². The molecule has 0 heterocycles. The second-order valence-electron chi connectivity index (χ2n) is 7.13. The number of rotatable bonds is 9. The Balaban J connectivity index is 2.22. The third kappa shape index (κ3) is 6.35. The summed E-state index contributed by atoms with van der Waals surface area (Å²) in [4.78, 5) is 24.8. The number of aliphatic carboxylic acids is 1. The molecule has 0 bridgehead atoms. The van der Waals surface area contributed by atoms with Crippen LogP contribution < -0.4 is 4.74 Å². The van der Waals surface area contributed by atoms with E-state index in [0.717, 1.165) is 49.1 Å². The topological polar surface area (TPSA) is 85.3 Å². The van der Waals surface area contributed by atoms with Gasteiger partial charge >= 0.3 is 11.9 Å². The van der Waals surface area contributed by atoms with Crippen LogP contribution in [0.25, 0.3) is 0 Å². The SMILES string of the molecule is COCOc1cccc(C(C2CCCCC2OC(=O)/C=C/C(=O)O)N(C)C)c1. The van der Waals surface area contributed by atoms with E-state index >= 15 is 0 Å². The lowest BCUT2D eigenvalue weighted by Crippen LogP contribution is -2.39. The fourth-order valence-electron chi connectivity index (χ4n) is 3.80. The van der Waals surface area contributed by atoms with Crippen molar-refractivity contribution >= 4 is 11.9 Å². The molecule has 1 aliphatic carbocycles. The first-order valence-electron chi connectivity index (χ1n) is 9.42. The summed E-state index contributed by atoms with van der Waals surface area (Å²) in [6.45, 7) is 0.176. The van der Waals surface area contributed by atoms with Crippen molar-refractivity contribution in [1.29, 1.82) is 0 Å². The number of methoxy groups -OCH3 is 1. The fraction of sp³-hybridized carbons (Fsp3) is 0.524. The molecule has 1 N–H and O–H groups in total. The van der Waals surface area contributed by atoms with Crippen molar-refractivity contribution in [1.82, 2.24) is 4.90 Å². The molecule has 2 rings (SSSR count). The van der Waals surface area contributed by atoms with E-state index in [0.29, 0.717) is 0 Å². The monoisotopic (exact) mass is 391 g/mol. The van der Waals surface area contributed by atoms with Crippen LogP contribution in [0, 0.1) is 5.92 Å². The molecule has 3 atom stereocenters. The van der Waals surface area contributed by atoms with Crippen molar-refractivity contribution in [2.45, 2.75) is 37.8 Å². The minimum Gasteiger partial charge on any atom is -0.478 e. The molecule has 28 heavy (non-hydrogen) atoms. The minimum atomic E-state index is -1.17. The molecule has 0 aliphatic heterocycles. The molecular weight excluding hydrogens is 362 g/mol. The third-order valence-electron chi connectivity index (χ3n) is 4.89. The minimum absolute atomic E-state index is 0.0349. The molecule has 1 aromatic carbocycles. The highest BCUT2D eigenvalue weighted by molar-refractivity contribution is 5.90. The molecular formula is C21H29NO6. The summed E-state index contributed by atoms with van der Waals surface area (Å²) in [7, 11) is 5.59. The van der Waals surface area contributed by atoms with E-state index in [1.54, 1.807) is 7.11 Å². The zero-order valence-corrected chi connectivity index (χ0v) is 16.7. The van der Waals surface area contributed by atoms with E-state index in [9.17, 15) is 9.59 Å². The average Bonchev–Trinajstić information content (AvgIpc) is 2.66. The molecule has 7 heteroatoms. The van der Waals surface area contributed by atoms with E-state index in [1.165, 1.54) is 0 Å². The van der Waals surface area contributed by atoms with Crippen LogP contribution in [0.1, 0.15) is 37.3 Å². The molecule has 3 unspecified atom stereocenters. The van der Waals surface area contributed by atoms with Gasteiger partial charge in [0, 0.05) is 31.2 Å². The predicted octanol–water partition coefficient (Wildman–Crippen LogP) is 3.01. The standard InChI is InChI=1S/C21H29NO6/c1-22(2)21(15-7-6-8-16(13-15)27-14-26-3)17-9-4-5-10-18(17)28-20(25)12-11-19(23)24/h6-8,11-13,17-18,21H,4-5,9-10,14H2,1-3H3,(H,23,24)/b12-11+. The van der Waals surface area contributed by atoms with E-state index in [-0.39, 0.29) is 24.9 Å². The lowest BCUT2D eigenvalue weighted by Gasteiger charge is -2.40. The molecule has 1 aromatic rings. The van der Waals surface area contributed by atoms with Gasteiger partial charge in [-0.1, -0.05) is 18.6 Å². The Bertz CT molecular complexity index is 687. The van der Waals surface area contributed by atoms with Gasteiger partial charge in [-0.2, -0.15) is 0 Å². The molecule has 0 radical (unpaired) electrons. The van der Waals surface area contributed by atoms with Crippen LogP contribution in [-0.4, -0.2) is 56.0 Å². The molecule has 0 saturated heterocycles. The molecule has 1 aliphatic rings. The van der Waals surface area contributed by atoms with Crippen LogP contribution in [0.15, 0.2) is 36.4 Å². The van der Waals surface area contributed by atoms with Gasteiger partial charge in [0.05, 0.1) is 0 Å². The van der Waals surface area contributed by atoms with Gasteiger partial charge < -0.3 is 24.2 Å². The van der Waals surface area contributed by atoms with Gasteiger partial charge in [-0.25, -0.2) is 9.59 Å². The number of carbonyl (C=O) groups is 2. The van der Waals surface area contributed by atoms with Crippen LogP contribution in [-0.2, 0) is 19.1 Å². The first-order chi connectivity index (χ1) is 13.4. The van der Waals surface area contributed by atoms with Gasteiger partial charge in [0.2, 0.25) is 0 Å². The summed E-state index contributed by atoms with van der Waals surface area (Å²) in [5.74, 6) is -0.964. The maximum absolute atomic E-state index is 12.0. The quantitative estimate of drug-likeness (QED) is 0.393. The van der Waals surface area contributed by atoms with Crippen molar-refractivity contribution in [3.05, 3.63) is 42.0 Å². The summed E-state index contributed by atoms with van der Waals surface area (Å²) in [5, 5.41) is 8.70. The number of benzene rings is 1. The van der Waals surface area contributed by atoms with Crippen LogP contribution >= 0.6 is 0 Å². The first kappa shape index (κ1) is 21.9. The zero-order chi connectivity index (χ0) is 20.5.